The summed E-state index contributed by atoms with van der Waals surface area (Å²) in [6, 6.07) is 3.72. The Labute approximate surface area is 202 Å². The molecular formula is C22H23N7O7. The van der Waals surface area contributed by atoms with Crippen LogP contribution < -0.4 is 32.9 Å². The minimum absolute atomic E-state index is 0.0366. The van der Waals surface area contributed by atoms with Crippen LogP contribution in [-0.2, 0) is 9.59 Å². The minimum atomic E-state index is -1.05. The number of nitrogens with two attached hydrogens (primary N) is 1. The Morgan fingerprint density at radius 3 is 2.53 bits per heavy atom. The van der Waals surface area contributed by atoms with Crippen LogP contribution >= 0.6 is 0 Å². The largest absolute Gasteiger partial charge is 0.392 e. The summed E-state index contributed by atoms with van der Waals surface area (Å²) in [5, 5.41) is 7.82. The molecule has 0 spiro atoms. The molecule has 4 rings (SSSR count). The van der Waals surface area contributed by atoms with Crippen molar-refractivity contribution in [2.45, 2.75) is 31.7 Å². The van der Waals surface area contributed by atoms with Gasteiger partial charge in [0.1, 0.15) is 17.4 Å². The molecule has 1 fully saturated rings. The second kappa shape index (κ2) is 9.85. The van der Waals surface area contributed by atoms with Crippen molar-refractivity contribution >= 4 is 40.9 Å². The quantitative estimate of drug-likeness (QED) is 0.188. The zero-order valence-corrected chi connectivity index (χ0v) is 18.9. The van der Waals surface area contributed by atoms with Crippen molar-refractivity contribution in [1.29, 1.82) is 0 Å². The Hall–Kier alpha value is -4.75. The number of piperidine rings is 1. The molecule has 1 atom stereocenters. The molecule has 188 valence electrons. The number of H-pyrrole nitrogens is 2. The summed E-state index contributed by atoms with van der Waals surface area (Å²) >= 11 is 0. The summed E-state index contributed by atoms with van der Waals surface area (Å²) in [4.78, 5) is 89.6. The highest BCUT2D eigenvalue weighted by molar-refractivity contribution is 6.25. The van der Waals surface area contributed by atoms with Crippen LogP contribution in [0, 0.1) is 0 Å². The number of nitrogens with one attached hydrogen (secondary N) is 5. The summed E-state index contributed by atoms with van der Waals surface area (Å²) in [5.74, 6) is -3.01. The van der Waals surface area contributed by atoms with Gasteiger partial charge in [0.25, 0.3) is 23.3 Å². The molecule has 14 heteroatoms. The Kier molecular flexibility index (Phi) is 6.67. The Balaban J connectivity index is 1.32. The van der Waals surface area contributed by atoms with Crippen molar-refractivity contribution < 1.29 is 24.0 Å². The number of imide groups is 2. The first kappa shape index (κ1) is 24.4. The van der Waals surface area contributed by atoms with E-state index in [2.05, 4.69) is 20.9 Å². The number of rotatable bonds is 8. The molecule has 7 N–H and O–H groups in total. The molecule has 0 aliphatic carbocycles. The number of unbranched alkanes of at least 4 members (excludes halogenated alkanes) is 1. The number of fused-ring (bicyclic) bond motifs is 1. The lowest BCUT2D eigenvalue weighted by Gasteiger charge is -2.27. The molecule has 3 heterocycles. The number of carbonyl (C=O) groups excluding carboxylic acids is 5. The second-order valence-corrected chi connectivity index (χ2v) is 8.26. The molecule has 2 aromatic rings. The first-order valence-corrected chi connectivity index (χ1v) is 11.2. The van der Waals surface area contributed by atoms with E-state index >= 15 is 0 Å². The minimum Gasteiger partial charge on any atom is -0.392 e. The zero-order chi connectivity index (χ0) is 26.0. The fraction of sp³-hybridized carbons (Fsp3) is 0.318. The topological polar surface area (TPSA) is 216 Å². The van der Waals surface area contributed by atoms with Crippen LogP contribution in [0.2, 0.25) is 0 Å². The number of nitrogens with zero attached hydrogens (tertiary/aromatic N) is 1. The molecule has 14 nitrogen and oxygen atoms in total. The number of hydrogen-bond acceptors (Lipinski definition) is 9. The molecule has 2 aliphatic rings. The number of aromatic amines is 2. The third-order valence-corrected chi connectivity index (χ3v) is 5.88. The lowest BCUT2D eigenvalue weighted by molar-refractivity contribution is -0.136. The van der Waals surface area contributed by atoms with Gasteiger partial charge in [0.05, 0.1) is 11.1 Å². The highest BCUT2D eigenvalue weighted by Crippen LogP contribution is 2.32. The van der Waals surface area contributed by atoms with E-state index in [1.165, 1.54) is 6.07 Å². The first-order valence-electron chi connectivity index (χ1n) is 11.2. The fourth-order valence-corrected chi connectivity index (χ4v) is 4.10. The number of nitrogen functional groups attached to an aromatic ring is 1. The van der Waals surface area contributed by atoms with Gasteiger partial charge in [-0.05, 0) is 31.4 Å². The normalized spacial score (nSPS) is 17.1. The summed E-state index contributed by atoms with van der Waals surface area (Å²) in [6.45, 7) is 0.624. The summed E-state index contributed by atoms with van der Waals surface area (Å²) < 4.78 is 0. The molecule has 5 amide bonds. The van der Waals surface area contributed by atoms with Crippen molar-refractivity contribution in [3.8, 4) is 0 Å². The van der Waals surface area contributed by atoms with Gasteiger partial charge in [-0.25, -0.2) is 4.79 Å². The maximum Gasteiger partial charge on any atom is 0.326 e. The number of anilines is 2. The number of carbonyl (C=O) groups is 5. The maximum absolute atomic E-state index is 13.1. The lowest BCUT2D eigenvalue weighted by Crippen LogP contribution is -2.54. The number of benzene rings is 1. The highest BCUT2D eigenvalue weighted by atomic mass is 16.2. The van der Waals surface area contributed by atoms with E-state index in [1.807, 2.05) is 4.98 Å². The van der Waals surface area contributed by atoms with Gasteiger partial charge in [-0.3, -0.25) is 44.0 Å². The van der Waals surface area contributed by atoms with E-state index in [4.69, 9.17) is 5.73 Å². The van der Waals surface area contributed by atoms with Gasteiger partial charge >= 0.3 is 5.69 Å². The number of hydrogen-bond donors (Lipinski definition) is 6. The molecule has 0 radical (unpaired) electrons. The van der Waals surface area contributed by atoms with Gasteiger partial charge < -0.3 is 21.4 Å². The third-order valence-electron chi connectivity index (χ3n) is 5.88. The average Bonchev–Trinajstić information content (AvgIpc) is 3.09. The number of aromatic nitrogens is 2. The van der Waals surface area contributed by atoms with Crippen molar-refractivity contribution in [2.75, 3.05) is 24.1 Å². The van der Waals surface area contributed by atoms with E-state index in [-0.39, 0.29) is 36.2 Å². The fourth-order valence-electron chi connectivity index (χ4n) is 4.10. The van der Waals surface area contributed by atoms with Gasteiger partial charge in [-0.1, -0.05) is 6.07 Å². The van der Waals surface area contributed by atoms with E-state index in [1.54, 1.807) is 12.1 Å². The van der Waals surface area contributed by atoms with Gasteiger partial charge in [0.2, 0.25) is 11.8 Å². The van der Waals surface area contributed by atoms with Crippen LogP contribution in [0.4, 0.5) is 11.4 Å². The van der Waals surface area contributed by atoms with Gasteiger partial charge in [0, 0.05) is 25.2 Å². The number of amides is 5. The SMILES string of the molecule is Nc1c(C(=O)NCCCCNc2cccc3c2C(=O)N(C2CCC(=O)NC2=O)C3=O)[nH]c(=O)[nH]c1=O. The molecule has 0 saturated carbocycles. The van der Waals surface area contributed by atoms with Crippen LogP contribution in [-0.4, -0.2) is 63.5 Å². The maximum atomic E-state index is 13.1. The predicted octanol–water partition coefficient (Wildman–Crippen LogP) is -1.33. The van der Waals surface area contributed by atoms with E-state index in [0.717, 1.165) is 4.90 Å². The van der Waals surface area contributed by atoms with Gasteiger partial charge in [0.15, 0.2) is 0 Å². The smallest absolute Gasteiger partial charge is 0.326 e. The van der Waals surface area contributed by atoms with Crippen LogP contribution in [0.15, 0.2) is 27.8 Å². The average molecular weight is 497 g/mol. The van der Waals surface area contributed by atoms with Crippen LogP contribution in [0.25, 0.3) is 0 Å². The van der Waals surface area contributed by atoms with Crippen LogP contribution in [0.5, 0.6) is 0 Å². The molecular weight excluding hydrogens is 474 g/mol. The molecule has 1 aromatic heterocycles. The molecule has 2 aliphatic heterocycles. The lowest BCUT2D eigenvalue weighted by atomic mass is 10.0. The summed E-state index contributed by atoms with van der Waals surface area (Å²) in [7, 11) is 0. The molecule has 36 heavy (non-hydrogen) atoms. The Morgan fingerprint density at radius 2 is 1.78 bits per heavy atom. The Morgan fingerprint density at radius 1 is 1.03 bits per heavy atom. The Bertz CT molecular complexity index is 1390. The first-order chi connectivity index (χ1) is 17.2. The van der Waals surface area contributed by atoms with Crippen LogP contribution in [0.3, 0.4) is 0 Å². The molecule has 1 aromatic carbocycles. The summed E-state index contributed by atoms with van der Waals surface area (Å²) in [5.41, 5.74) is 3.89. The molecule has 0 bridgehead atoms. The summed E-state index contributed by atoms with van der Waals surface area (Å²) in [6.07, 6.45) is 1.18. The van der Waals surface area contributed by atoms with E-state index in [0.29, 0.717) is 25.1 Å². The van der Waals surface area contributed by atoms with Gasteiger partial charge in [-0.15, -0.1) is 0 Å². The van der Waals surface area contributed by atoms with Crippen molar-refractivity contribution in [3.05, 3.63) is 55.9 Å². The molecule has 1 unspecified atom stereocenters. The van der Waals surface area contributed by atoms with Gasteiger partial charge in [-0.2, -0.15) is 0 Å². The zero-order valence-electron chi connectivity index (χ0n) is 18.9. The standard InChI is InChI=1S/C22H23N7O7/c23-15-16(27-22(36)28-18(15)32)19(33)25-9-2-1-8-24-11-5-3-4-10-14(11)21(35)29(20(10)34)12-6-7-13(30)26-17(12)31/h3-5,12,24H,1-2,6-9,23H2,(H,25,33)(H,26,30,31)(H2,27,28,32,36). The third kappa shape index (κ3) is 4.60. The van der Waals surface area contributed by atoms with E-state index in [9.17, 15) is 33.6 Å². The monoisotopic (exact) mass is 497 g/mol. The van der Waals surface area contributed by atoms with Crippen LogP contribution in [0.1, 0.15) is 56.9 Å². The highest BCUT2D eigenvalue weighted by Gasteiger charge is 2.45. The van der Waals surface area contributed by atoms with Crippen molar-refractivity contribution in [1.82, 2.24) is 25.5 Å². The molecule has 1 saturated heterocycles. The van der Waals surface area contributed by atoms with Crippen molar-refractivity contribution in [3.63, 3.8) is 0 Å². The second-order valence-electron chi connectivity index (χ2n) is 8.26. The predicted molar refractivity (Wildman–Crippen MR) is 125 cm³/mol. The van der Waals surface area contributed by atoms with E-state index < -0.39 is 52.5 Å². The van der Waals surface area contributed by atoms with Crippen molar-refractivity contribution in [2.24, 2.45) is 0 Å².